The number of hydrogen-bond acceptors (Lipinski definition) is 3. The Hall–Kier alpha value is -0.120. The molecule has 4 fully saturated rings. The van der Waals surface area contributed by atoms with Gasteiger partial charge in [0.05, 0.1) is 12.2 Å². The van der Waals surface area contributed by atoms with Crippen LogP contribution in [0.5, 0.6) is 0 Å². The quantitative estimate of drug-likeness (QED) is 0.804. The third-order valence-corrected chi connectivity index (χ3v) is 6.81. The van der Waals surface area contributed by atoms with Gasteiger partial charge in [-0.2, -0.15) is 0 Å². The van der Waals surface area contributed by atoms with Gasteiger partial charge in [-0.25, -0.2) is 0 Å². The second kappa shape index (κ2) is 5.82. The van der Waals surface area contributed by atoms with Crippen LogP contribution < -0.4 is 5.32 Å². The Labute approximate surface area is 129 Å². The maximum atomic E-state index is 6.32. The molecule has 2 aliphatic heterocycles. The van der Waals surface area contributed by atoms with Crippen molar-refractivity contribution in [1.29, 1.82) is 0 Å². The predicted molar refractivity (Wildman–Crippen MR) is 85.5 cm³/mol. The highest BCUT2D eigenvalue weighted by molar-refractivity contribution is 5.03. The van der Waals surface area contributed by atoms with E-state index in [0.29, 0.717) is 5.41 Å². The standard InChI is InChI=1S/C18H32N2O/c1-2-4-6-18(5-3-1)15-20(11-12-21-18)16-13-17(14-16)7-9-19-10-8-17/h16,19H,1-15H2. The molecule has 2 aliphatic carbocycles. The van der Waals surface area contributed by atoms with E-state index in [2.05, 4.69) is 10.2 Å². The highest BCUT2D eigenvalue weighted by Crippen LogP contribution is 2.50. The number of rotatable bonds is 1. The van der Waals surface area contributed by atoms with Crippen LogP contribution in [-0.4, -0.2) is 49.3 Å². The molecule has 0 aromatic carbocycles. The molecule has 120 valence electrons. The average molecular weight is 292 g/mol. The van der Waals surface area contributed by atoms with E-state index < -0.39 is 0 Å². The number of piperidine rings is 1. The zero-order valence-electron chi connectivity index (χ0n) is 13.5. The van der Waals surface area contributed by atoms with Gasteiger partial charge in [-0.05, 0) is 57.0 Å². The van der Waals surface area contributed by atoms with Crippen LogP contribution in [0, 0.1) is 5.41 Å². The molecule has 4 aliphatic rings. The zero-order valence-corrected chi connectivity index (χ0v) is 13.5. The lowest BCUT2D eigenvalue weighted by Crippen LogP contribution is -2.61. The molecule has 4 rings (SSSR count). The van der Waals surface area contributed by atoms with Crippen molar-refractivity contribution in [3.05, 3.63) is 0 Å². The summed E-state index contributed by atoms with van der Waals surface area (Å²) in [5, 5.41) is 3.52. The van der Waals surface area contributed by atoms with Crippen molar-refractivity contribution in [2.24, 2.45) is 5.41 Å². The minimum atomic E-state index is 0.228. The van der Waals surface area contributed by atoms with Crippen LogP contribution in [0.25, 0.3) is 0 Å². The zero-order chi connectivity index (χ0) is 14.2. The van der Waals surface area contributed by atoms with E-state index in [1.54, 1.807) is 0 Å². The summed E-state index contributed by atoms with van der Waals surface area (Å²) in [6.07, 6.45) is 14.0. The number of morpholine rings is 1. The summed E-state index contributed by atoms with van der Waals surface area (Å²) < 4.78 is 6.32. The molecule has 0 aromatic heterocycles. The van der Waals surface area contributed by atoms with E-state index in [9.17, 15) is 0 Å². The summed E-state index contributed by atoms with van der Waals surface area (Å²) in [6, 6.07) is 0.868. The summed E-state index contributed by atoms with van der Waals surface area (Å²) in [5.41, 5.74) is 0.941. The van der Waals surface area contributed by atoms with Crippen LogP contribution in [0.1, 0.15) is 64.2 Å². The third kappa shape index (κ3) is 2.89. The van der Waals surface area contributed by atoms with Gasteiger partial charge in [0.15, 0.2) is 0 Å². The number of hydrogen-bond donors (Lipinski definition) is 1. The molecule has 0 radical (unpaired) electrons. The van der Waals surface area contributed by atoms with Gasteiger partial charge in [0.25, 0.3) is 0 Å². The summed E-state index contributed by atoms with van der Waals surface area (Å²) in [4.78, 5) is 2.81. The Morgan fingerprint density at radius 1 is 0.905 bits per heavy atom. The summed E-state index contributed by atoms with van der Waals surface area (Å²) in [6.45, 7) is 5.89. The Morgan fingerprint density at radius 3 is 2.33 bits per heavy atom. The molecular formula is C18H32N2O. The van der Waals surface area contributed by atoms with Gasteiger partial charge in [-0.1, -0.05) is 25.7 Å². The summed E-state index contributed by atoms with van der Waals surface area (Å²) >= 11 is 0. The van der Waals surface area contributed by atoms with Crippen LogP contribution in [-0.2, 0) is 4.74 Å². The lowest BCUT2D eigenvalue weighted by atomic mass is 9.60. The van der Waals surface area contributed by atoms with Crippen molar-refractivity contribution in [2.75, 3.05) is 32.8 Å². The number of nitrogens with zero attached hydrogens (tertiary/aromatic N) is 1. The smallest absolute Gasteiger partial charge is 0.0809 e. The third-order valence-electron chi connectivity index (χ3n) is 6.81. The lowest BCUT2D eigenvalue weighted by molar-refractivity contribution is -0.148. The molecule has 2 saturated heterocycles. The monoisotopic (exact) mass is 292 g/mol. The predicted octanol–water partition coefficient (Wildman–Crippen LogP) is 2.94. The topological polar surface area (TPSA) is 24.5 Å². The molecular weight excluding hydrogens is 260 g/mol. The highest BCUT2D eigenvalue weighted by atomic mass is 16.5. The Kier molecular flexibility index (Phi) is 4.01. The van der Waals surface area contributed by atoms with Crippen molar-refractivity contribution in [3.8, 4) is 0 Å². The summed E-state index contributed by atoms with van der Waals surface area (Å²) in [5.74, 6) is 0. The molecule has 2 spiro atoms. The Morgan fingerprint density at radius 2 is 1.62 bits per heavy atom. The van der Waals surface area contributed by atoms with E-state index in [-0.39, 0.29) is 5.60 Å². The molecule has 0 aromatic rings. The van der Waals surface area contributed by atoms with Gasteiger partial charge < -0.3 is 10.1 Å². The van der Waals surface area contributed by atoms with Gasteiger partial charge in [0.2, 0.25) is 0 Å². The maximum absolute atomic E-state index is 6.32. The maximum Gasteiger partial charge on any atom is 0.0809 e. The fourth-order valence-electron chi connectivity index (χ4n) is 5.42. The Balaban J connectivity index is 1.36. The van der Waals surface area contributed by atoms with Crippen LogP contribution in [0.2, 0.25) is 0 Å². The molecule has 21 heavy (non-hydrogen) atoms. The molecule has 3 heteroatoms. The van der Waals surface area contributed by atoms with Crippen LogP contribution >= 0.6 is 0 Å². The lowest BCUT2D eigenvalue weighted by Gasteiger charge is -2.56. The number of nitrogens with one attached hydrogen (secondary N) is 1. The summed E-state index contributed by atoms with van der Waals surface area (Å²) in [7, 11) is 0. The molecule has 3 nitrogen and oxygen atoms in total. The Bertz CT molecular complexity index is 348. The number of ether oxygens (including phenoxy) is 1. The van der Waals surface area contributed by atoms with Gasteiger partial charge in [-0.15, -0.1) is 0 Å². The van der Waals surface area contributed by atoms with Gasteiger partial charge in [-0.3, -0.25) is 4.90 Å². The van der Waals surface area contributed by atoms with Crippen molar-refractivity contribution in [1.82, 2.24) is 10.2 Å². The van der Waals surface area contributed by atoms with Crippen LogP contribution in [0.4, 0.5) is 0 Å². The molecule has 0 unspecified atom stereocenters. The second-order valence-corrected chi connectivity index (χ2v) is 8.23. The first-order valence-corrected chi connectivity index (χ1v) is 9.38. The molecule has 2 saturated carbocycles. The first-order chi connectivity index (χ1) is 10.3. The molecule has 1 N–H and O–H groups in total. The van der Waals surface area contributed by atoms with Crippen LogP contribution in [0.15, 0.2) is 0 Å². The fraction of sp³-hybridized carbons (Fsp3) is 1.00. The minimum Gasteiger partial charge on any atom is -0.372 e. The van der Waals surface area contributed by atoms with Crippen LogP contribution in [0.3, 0.4) is 0 Å². The van der Waals surface area contributed by atoms with E-state index in [1.807, 2.05) is 0 Å². The minimum absolute atomic E-state index is 0.228. The average Bonchev–Trinajstić information content (AvgIpc) is 2.71. The van der Waals surface area contributed by atoms with E-state index in [0.717, 1.165) is 12.6 Å². The SMILES string of the molecule is C1CCCC2(CC1)CN(C1CC3(CCNCC3)C1)CCO2. The van der Waals surface area contributed by atoms with E-state index >= 15 is 0 Å². The van der Waals surface area contributed by atoms with Gasteiger partial charge in [0, 0.05) is 19.1 Å². The van der Waals surface area contributed by atoms with E-state index in [1.165, 1.54) is 90.4 Å². The normalized spacial score (nSPS) is 33.7. The van der Waals surface area contributed by atoms with Gasteiger partial charge in [0.1, 0.15) is 0 Å². The molecule has 0 atom stereocenters. The molecule has 0 bridgehead atoms. The highest BCUT2D eigenvalue weighted by Gasteiger charge is 2.49. The molecule has 2 heterocycles. The van der Waals surface area contributed by atoms with Crippen molar-refractivity contribution in [3.63, 3.8) is 0 Å². The van der Waals surface area contributed by atoms with Crippen molar-refractivity contribution < 1.29 is 4.74 Å². The molecule has 0 amide bonds. The first-order valence-electron chi connectivity index (χ1n) is 9.38. The van der Waals surface area contributed by atoms with Crippen molar-refractivity contribution >= 4 is 0 Å². The first kappa shape index (κ1) is 14.5. The fourth-order valence-corrected chi connectivity index (χ4v) is 5.42. The van der Waals surface area contributed by atoms with Gasteiger partial charge >= 0.3 is 0 Å². The second-order valence-electron chi connectivity index (χ2n) is 8.23. The van der Waals surface area contributed by atoms with E-state index in [4.69, 9.17) is 4.74 Å². The van der Waals surface area contributed by atoms with Crippen molar-refractivity contribution in [2.45, 2.75) is 75.9 Å². The largest absolute Gasteiger partial charge is 0.372 e.